The quantitative estimate of drug-likeness (QED) is 0.577. The smallest absolute Gasteiger partial charge is 0.121 e. The number of aryl methyl sites for hydroxylation is 1. The predicted molar refractivity (Wildman–Crippen MR) is 38.5 cm³/mol. The maximum atomic E-state index is 8.87. The summed E-state index contributed by atoms with van der Waals surface area (Å²) < 4.78 is 1.67. The molecule has 0 amide bonds. The first kappa shape index (κ1) is 7.08. The topological polar surface area (TPSA) is 50.1 Å². The monoisotopic (exact) mass is 141 g/mol. The van der Waals surface area contributed by atoms with Crippen molar-refractivity contribution in [1.82, 2.24) is 9.78 Å². The third-order valence-electron chi connectivity index (χ3n) is 1.08. The second-order valence-corrected chi connectivity index (χ2v) is 2.22. The lowest BCUT2D eigenvalue weighted by atomic mass is 10.5. The van der Waals surface area contributed by atoms with E-state index in [0.717, 1.165) is 5.69 Å². The number of anilines is 1. The van der Waals surface area contributed by atoms with Crippen molar-refractivity contribution in [3.8, 4) is 0 Å². The third kappa shape index (κ3) is 1.73. The zero-order valence-electron chi connectivity index (χ0n) is 6.07. The van der Waals surface area contributed by atoms with E-state index in [1.807, 2.05) is 7.05 Å². The minimum absolute atomic E-state index is 0.524. The summed E-state index contributed by atoms with van der Waals surface area (Å²) in [5.74, 6) is 0. The normalized spacial score (nSPS) is 13.1. The largest absolute Gasteiger partial charge is 0.374 e. The minimum Gasteiger partial charge on any atom is -0.374 e. The van der Waals surface area contributed by atoms with Crippen LogP contribution < -0.4 is 5.32 Å². The number of nitrogens with zero attached hydrogens (tertiary/aromatic N) is 2. The maximum Gasteiger partial charge on any atom is 0.121 e. The van der Waals surface area contributed by atoms with E-state index >= 15 is 0 Å². The summed E-state index contributed by atoms with van der Waals surface area (Å²) in [6.07, 6.45) is 2.93. The van der Waals surface area contributed by atoms with Crippen LogP contribution in [0.5, 0.6) is 0 Å². The van der Waals surface area contributed by atoms with E-state index in [9.17, 15) is 0 Å². The third-order valence-corrected chi connectivity index (χ3v) is 1.08. The van der Waals surface area contributed by atoms with Gasteiger partial charge in [0, 0.05) is 13.2 Å². The van der Waals surface area contributed by atoms with E-state index in [-0.39, 0.29) is 0 Å². The Balaban J connectivity index is 2.58. The molecule has 0 aliphatic rings. The molecule has 1 rings (SSSR count). The highest BCUT2D eigenvalue weighted by atomic mass is 16.3. The van der Waals surface area contributed by atoms with Gasteiger partial charge >= 0.3 is 0 Å². The second-order valence-electron chi connectivity index (χ2n) is 2.22. The Labute approximate surface area is 59.5 Å². The van der Waals surface area contributed by atoms with Crippen molar-refractivity contribution in [3.63, 3.8) is 0 Å². The Morgan fingerprint density at radius 2 is 2.50 bits per heavy atom. The summed E-state index contributed by atoms with van der Waals surface area (Å²) in [6.45, 7) is 1.66. The first-order chi connectivity index (χ1) is 4.68. The summed E-state index contributed by atoms with van der Waals surface area (Å²) in [4.78, 5) is 0. The molecule has 0 aliphatic heterocycles. The Hall–Kier alpha value is -1.03. The van der Waals surface area contributed by atoms with Gasteiger partial charge in [-0.15, -0.1) is 0 Å². The number of aliphatic hydroxyl groups is 1. The van der Waals surface area contributed by atoms with Crippen molar-refractivity contribution in [2.75, 3.05) is 5.32 Å². The van der Waals surface area contributed by atoms with E-state index in [2.05, 4.69) is 10.4 Å². The fraction of sp³-hybridized carbons (Fsp3) is 0.500. The van der Waals surface area contributed by atoms with E-state index in [1.165, 1.54) is 0 Å². The standard InChI is InChI=1S/C6H11N3O/c1-5(10)8-6-3-7-9(2)4-6/h3-5,8,10H,1-2H3. The van der Waals surface area contributed by atoms with Crippen molar-refractivity contribution < 1.29 is 5.11 Å². The van der Waals surface area contributed by atoms with Gasteiger partial charge in [-0.25, -0.2) is 0 Å². The summed E-state index contributed by atoms with van der Waals surface area (Å²) in [5.41, 5.74) is 0.831. The molecular weight excluding hydrogens is 130 g/mol. The van der Waals surface area contributed by atoms with Gasteiger partial charge in [-0.3, -0.25) is 4.68 Å². The van der Waals surface area contributed by atoms with Crippen molar-refractivity contribution in [1.29, 1.82) is 0 Å². The summed E-state index contributed by atoms with van der Waals surface area (Å²) in [5, 5.41) is 15.6. The predicted octanol–water partition coefficient (Wildman–Crippen LogP) is 0.170. The van der Waals surface area contributed by atoms with Gasteiger partial charge in [-0.1, -0.05) is 0 Å². The maximum absolute atomic E-state index is 8.87. The van der Waals surface area contributed by atoms with Crippen LogP contribution in [-0.2, 0) is 7.05 Å². The van der Waals surface area contributed by atoms with E-state index in [4.69, 9.17) is 5.11 Å². The molecule has 1 atom stereocenters. The molecule has 1 aromatic heterocycles. The molecule has 1 aromatic rings. The SMILES string of the molecule is CC(O)Nc1cnn(C)c1. The van der Waals surface area contributed by atoms with Crippen LogP contribution in [0.15, 0.2) is 12.4 Å². The van der Waals surface area contributed by atoms with Crippen LogP contribution in [0.1, 0.15) is 6.92 Å². The summed E-state index contributed by atoms with van der Waals surface area (Å²) in [7, 11) is 1.83. The lowest BCUT2D eigenvalue weighted by molar-refractivity contribution is 0.224. The average Bonchev–Trinajstić information content (AvgIpc) is 2.13. The van der Waals surface area contributed by atoms with Gasteiger partial charge in [0.15, 0.2) is 0 Å². The second kappa shape index (κ2) is 2.70. The molecule has 0 bridgehead atoms. The van der Waals surface area contributed by atoms with Crippen molar-refractivity contribution in [3.05, 3.63) is 12.4 Å². The highest BCUT2D eigenvalue weighted by Crippen LogP contribution is 2.03. The van der Waals surface area contributed by atoms with Gasteiger partial charge in [0.05, 0.1) is 11.9 Å². The number of hydrogen-bond donors (Lipinski definition) is 2. The van der Waals surface area contributed by atoms with Crippen molar-refractivity contribution in [2.24, 2.45) is 7.05 Å². The first-order valence-corrected chi connectivity index (χ1v) is 3.12. The minimum atomic E-state index is -0.524. The summed E-state index contributed by atoms with van der Waals surface area (Å²) >= 11 is 0. The van der Waals surface area contributed by atoms with Crippen LogP contribution in [0.3, 0.4) is 0 Å². The Bertz CT molecular complexity index is 207. The van der Waals surface area contributed by atoms with E-state index in [1.54, 1.807) is 24.0 Å². The van der Waals surface area contributed by atoms with Crippen molar-refractivity contribution >= 4 is 5.69 Å². The fourth-order valence-electron chi connectivity index (χ4n) is 0.737. The first-order valence-electron chi connectivity index (χ1n) is 3.12. The van der Waals surface area contributed by atoms with Gasteiger partial charge in [0.2, 0.25) is 0 Å². The number of rotatable bonds is 2. The zero-order chi connectivity index (χ0) is 7.56. The van der Waals surface area contributed by atoms with Crippen LogP contribution >= 0.6 is 0 Å². The molecule has 0 aliphatic carbocycles. The molecule has 0 fully saturated rings. The number of aliphatic hydroxyl groups excluding tert-OH is 1. The molecule has 1 unspecified atom stereocenters. The highest BCUT2D eigenvalue weighted by molar-refractivity contribution is 5.38. The molecule has 0 saturated heterocycles. The van der Waals surface area contributed by atoms with Gasteiger partial charge in [0.25, 0.3) is 0 Å². The van der Waals surface area contributed by atoms with Crippen LogP contribution in [0.25, 0.3) is 0 Å². The van der Waals surface area contributed by atoms with Crippen LogP contribution in [0.4, 0.5) is 5.69 Å². The Morgan fingerprint density at radius 1 is 1.80 bits per heavy atom. The van der Waals surface area contributed by atoms with E-state index < -0.39 is 6.23 Å². The molecule has 4 nitrogen and oxygen atoms in total. The Morgan fingerprint density at radius 3 is 2.90 bits per heavy atom. The molecule has 2 N–H and O–H groups in total. The molecular formula is C6H11N3O. The molecule has 0 aromatic carbocycles. The number of aromatic nitrogens is 2. The van der Waals surface area contributed by atoms with Gasteiger partial charge in [-0.05, 0) is 6.92 Å². The van der Waals surface area contributed by atoms with E-state index in [0.29, 0.717) is 0 Å². The Kier molecular flexibility index (Phi) is 1.91. The lowest BCUT2D eigenvalue weighted by Gasteiger charge is -2.03. The van der Waals surface area contributed by atoms with Gasteiger partial charge < -0.3 is 10.4 Å². The van der Waals surface area contributed by atoms with Crippen LogP contribution in [0.2, 0.25) is 0 Å². The summed E-state index contributed by atoms with van der Waals surface area (Å²) in [6, 6.07) is 0. The lowest BCUT2D eigenvalue weighted by Crippen LogP contribution is -2.12. The molecule has 0 radical (unpaired) electrons. The molecule has 0 saturated carbocycles. The molecule has 10 heavy (non-hydrogen) atoms. The van der Waals surface area contributed by atoms with Crippen LogP contribution in [0, 0.1) is 0 Å². The number of hydrogen-bond acceptors (Lipinski definition) is 3. The molecule has 56 valence electrons. The molecule has 1 heterocycles. The van der Waals surface area contributed by atoms with Gasteiger partial charge in [0.1, 0.15) is 6.23 Å². The molecule has 0 spiro atoms. The fourth-order valence-corrected chi connectivity index (χ4v) is 0.737. The highest BCUT2D eigenvalue weighted by Gasteiger charge is 1.96. The zero-order valence-corrected chi connectivity index (χ0v) is 6.07. The van der Waals surface area contributed by atoms with Crippen LogP contribution in [-0.4, -0.2) is 21.1 Å². The number of nitrogens with one attached hydrogen (secondary N) is 1. The van der Waals surface area contributed by atoms with Crippen molar-refractivity contribution in [2.45, 2.75) is 13.2 Å². The molecule has 4 heteroatoms. The average molecular weight is 141 g/mol. The van der Waals surface area contributed by atoms with Gasteiger partial charge in [-0.2, -0.15) is 5.10 Å².